The van der Waals surface area contributed by atoms with Gasteiger partial charge in [0, 0.05) is 0 Å². The summed E-state index contributed by atoms with van der Waals surface area (Å²) in [5.41, 5.74) is 0.0936. The smallest absolute Gasteiger partial charge is 0.348 e. The molecule has 28 heavy (non-hydrogen) atoms. The first-order valence-electron chi connectivity index (χ1n) is 8.28. The minimum Gasteiger partial charge on any atom is -0.462 e. The third-order valence-electron chi connectivity index (χ3n) is 3.47. The van der Waals surface area contributed by atoms with Crippen LogP contribution in [0.15, 0.2) is 6.07 Å². The van der Waals surface area contributed by atoms with Crippen LogP contribution < -0.4 is 5.32 Å². The number of carbonyl (C=O) groups is 3. The lowest BCUT2D eigenvalue weighted by atomic mass is 10.1. The zero-order chi connectivity index (χ0) is 20.8. The molecule has 2 aromatic rings. The number of thiophene rings is 1. The Balaban J connectivity index is 2.38. The number of esters is 2. The number of anilines is 1. The van der Waals surface area contributed by atoms with Crippen molar-refractivity contribution in [2.45, 2.75) is 27.2 Å². The molecule has 1 amide bonds. The van der Waals surface area contributed by atoms with Crippen molar-refractivity contribution in [2.75, 3.05) is 18.5 Å². The molecule has 11 nitrogen and oxygen atoms in total. The fraction of sp³-hybridized carbons (Fsp3) is 0.375. The largest absolute Gasteiger partial charge is 0.462 e. The molecule has 0 unspecified atom stereocenters. The number of aromatic nitrogens is 2. The molecule has 12 heteroatoms. The van der Waals surface area contributed by atoms with Crippen LogP contribution in [0.25, 0.3) is 0 Å². The normalized spacial score (nSPS) is 10.4. The molecule has 0 aromatic carbocycles. The van der Waals surface area contributed by atoms with Crippen LogP contribution in [-0.2, 0) is 9.47 Å². The highest BCUT2D eigenvalue weighted by atomic mass is 32.1. The first-order chi connectivity index (χ1) is 13.3. The molecule has 0 bridgehead atoms. The summed E-state index contributed by atoms with van der Waals surface area (Å²) in [6.45, 7) is 5.32. The molecule has 0 aliphatic carbocycles. The molecule has 0 fully saturated rings. The number of ether oxygens (including phenoxy) is 2. The summed E-state index contributed by atoms with van der Waals surface area (Å²) in [6.07, 6.45) is 0.596. The molecule has 2 N–H and O–H groups in total. The van der Waals surface area contributed by atoms with Crippen molar-refractivity contribution in [2.24, 2.45) is 0 Å². The van der Waals surface area contributed by atoms with Crippen LogP contribution in [0.4, 0.5) is 10.8 Å². The number of amides is 1. The standard InChI is InChI=1S/C16H18N4O7S/c1-4-6-27-15(22)11-8(3)12(16(23)26-5-2)28-14(11)17-13(21)9-7-10(19-18-9)20(24)25/h7H,4-6H2,1-3H3,(H,17,21)(H,18,19). The maximum absolute atomic E-state index is 12.4. The summed E-state index contributed by atoms with van der Waals surface area (Å²) in [5, 5.41) is 18.9. The van der Waals surface area contributed by atoms with Gasteiger partial charge in [-0.05, 0) is 30.8 Å². The number of hydrogen-bond donors (Lipinski definition) is 2. The van der Waals surface area contributed by atoms with Gasteiger partial charge < -0.3 is 24.9 Å². The van der Waals surface area contributed by atoms with E-state index in [1.165, 1.54) is 0 Å². The van der Waals surface area contributed by atoms with E-state index in [2.05, 4.69) is 15.5 Å². The highest BCUT2D eigenvalue weighted by Crippen LogP contribution is 2.34. The van der Waals surface area contributed by atoms with Crippen molar-refractivity contribution in [3.8, 4) is 0 Å². The van der Waals surface area contributed by atoms with Crippen molar-refractivity contribution < 1.29 is 28.8 Å². The van der Waals surface area contributed by atoms with Crippen molar-refractivity contribution in [1.82, 2.24) is 10.2 Å². The Labute approximate surface area is 163 Å². The number of nitrogens with zero attached hydrogens (tertiary/aromatic N) is 2. The zero-order valence-electron chi connectivity index (χ0n) is 15.4. The Morgan fingerprint density at radius 2 is 2.00 bits per heavy atom. The molecule has 2 heterocycles. The summed E-state index contributed by atoms with van der Waals surface area (Å²) >= 11 is 0.853. The van der Waals surface area contributed by atoms with Crippen molar-refractivity contribution >= 4 is 40.0 Å². The molecule has 2 aromatic heterocycles. The third-order valence-corrected chi connectivity index (χ3v) is 4.66. The van der Waals surface area contributed by atoms with Crippen LogP contribution in [0, 0.1) is 17.0 Å². The number of aromatic amines is 1. The lowest BCUT2D eigenvalue weighted by Gasteiger charge is -2.06. The number of nitrogens with one attached hydrogen (secondary N) is 2. The second-order valence-electron chi connectivity index (χ2n) is 5.47. The van der Waals surface area contributed by atoms with Gasteiger partial charge in [-0.1, -0.05) is 12.0 Å². The molecule has 150 valence electrons. The Kier molecular flexibility index (Phi) is 6.82. The van der Waals surface area contributed by atoms with Crippen LogP contribution in [0.5, 0.6) is 0 Å². The fourth-order valence-electron chi connectivity index (χ4n) is 2.19. The highest BCUT2D eigenvalue weighted by Gasteiger charge is 2.28. The molecular weight excluding hydrogens is 392 g/mol. The van der Waals surface area contributed by atoms with E-state index in [-0.39, 0.29) is 34.3 Å². The predicted octanol–water partition coefficient (Wildman–Crippen LogP) is 2.68. The van der Waals surface area contributed by atoms with E-state index in [4.69, 9.17) is 9.47 Å². The monoisotopic (exact) mass is 410 g/mol. The number of H-pyrrole nitrogens is 1. The van der Waals surface area contributed by atoms with E-state index in [0.717, 1.165) is 17.4 Å². The van der Waals surface area contributed by atoms with Gasteiger partial charge in [0.25, 0.3) is 5.91 Å². The SMILES string of the molecule is CCCOC(=O)c1c(NC(=O)c2cc([N+](=O)[O-])[nH]n2)sc(C(=O)OCC)c1C. The number of rotatable bonds is 8. The molecule has 0 radical (unpaired) electrons. The molecule has 2 rings (SSSR count). The predicted molar refractivity (Wildman–Crippen MR) is 98.8 cm³/mol. The minimum atomic E-state index is -0.787. The first-order valence-corrected chi connectivity index (χ1v) is 9.10. The van der Waals surface area contributed by atoms with Gasteiger partial charge in [0.1, 0.15) is 9.88 Å². The quantitative estimate of drug-likeness (QED) is 0.382. The Bertz CT molecular complexity index is 918. The van der Waals surface area contributed by atoms with Crippen LogP contribution in [-0.4, -0.2) is 46.2 Å². The average Bonchev–Trinajstić information content (AvgIpc) is 3.25. The zero-order valence-corrected chi connectivity index (χ0v) is 16.2. The van der Waals surface area contributed by atoms with E-state index >= 15 is 0 Å². The van der Waals surface area contributed by atoms with Crippen molar-refractivity contribution in [3.63, 3.8) is 0 Å². The van der Waals surface area contributed by atoms with E-state index in [9.17, 15) is 24.5 Å². The molecule has 0 atom stereocenters. The van der Waals surface area contributed by atoms with Gasteiger partial charge in [-0.2, -0.15) is 0 Å². The summed E-state index contributed by atoms with van der Waals surface area (Å²) in [5.74, 6) is -2.58. The lowest BCUT2D eigenvalue weighted by molar-refractivity contribution is -0.389. The average molecular weight is 410 g/mol. The van der Waals surface area contributed by atoms with E-state index in [1.54, 1.807) is 13.8 Å². The van der Waals surface area contributed by atoms with Gasteiger partial charge in [-0.15, -0.1) is 16.4 Å². The number of hydrogen-bond acceptors (Lipinski definition) is 9. The van der Waals surface area contributed by atoms with E-state index in [1.807, 2.05) is 6.92 Å². The molecular formula is C16H18N4O7S. The molecule has 0 aliphatic heterocycles. The number of nitro groups is 1. The van der Waals surface area contributed by atoms with Gasteiger partial charge in [0.05, 0.1) is 24.8 Å². The maximum Gasteiger partial charge on any atom is 0.348 e. The summed E-state index contributed by atoms with van der Waals surface area (Å²) in [7, 11) is 0. The van der Waals surface area contributed by atoms with Crippen LogP contribution in [0.1, 0.15) is 56.3 Å². The van der Waals surface area contributed by atoms with Gasteiger partial charge in [0.15, 0.2) is 5.69 Å². The van der Waals surface area contributed by atoms with Crippen LogP contribution in [0.2, 0.25) is 0 Å². The molecule has 0 saturated heterocycles. The Hall–Kier alpha value is -3.28. The first kappa shape index (κ1) is 21.0. The van der Waals surface area contributed by atoms with Gasteiger partial charge in [0.2, 0.25) is 0 Å². The topological polar surface area (TPSA) is 154 Å². The van der Waals surface area contributed by atoms with E-state index < -0.39 is 28.6 Å². The molecule has 0 spiro atoms. The van der Waals surface area contributed by atoms with Crippen molar-refractivity contribution in [1.29, 1.82) is 0 Å². The third kappa shape index (κ3) is 4.52. The summed E-state index contributed by atoms with van der Waals surface area (Å²) in [4.78, 5) is 47.1. The summed E-state index contributed by atoms with van der Waals surface area (Å²) < 4.78 is 10.1. The Morgan fingerprint density at radius 3 is 2.57 bits per heavy atom. The highest BCUT2D eigenvalue weighted by molar-refractivity contribution is 7.18. The van der Waals surface area contributed by atoms with Crippen LogP contribution in [0.3, 0.4) is 0 Å². The maximum atomic E-state index is 12.4. The van der Waals surface area contributed by atoms with Gasteiger partial charge in [-0.25, -0.2) is 9.59 Å². The number of carbonyl (C=O) groups excluding carboxylic acids is 3. The van der Waals surface area contributed by atoms with Crippen LogP contribution >= 0.6 is 11.3 Å². The summed E-state index contributed by atoms with van der Waals surface area (Å²) in [6, 6.07) is 0.955. The fourth-order valence-corrected chi connectivity index (χ4v) is 3.28. The molecule has 0 saturated carbocycles. The van der Waals surface area contributed by atoms with Gasteiger partial charge in [-0.3, -0.25) is 4.79 Å². The van der Waals surface area contributed by atoms with Crippen molar-refractivity contribution in [3.05, 3.63) is 37.9 Å². The molecule has 0 aliphatic rings. The minimum absolute atomic E-state index is 0.0277. The van der Waals surface area contributed by atoms with Gasteiger partial charge >= 0.3 is 17.8 Å². The second-order valence-corrected chi connectivity index (χ2v) is 6.49. The Morgan fingerprint density at radius 1 is 1.29 bits per heavy atom. The van der Waals surface area contributed by atoms with E-state index in [0.29, 0.717) is 12.0 Å². The second kappa shape index (κ2) is 9.08. The lowest BCUT2D eigenvalue weighted by Crippen LogP contribution is -2.15.